The maximum absolute atomic E-state index is 5.87. The molecule has 1 atom stereocenters. The molecule has 0 amide bonds. The smallest absolute Gasteiger partial charge is 0.107 e. The molecule has 1 heterocycles. The third-order valence-electron chi connectivity index (χ3n) is 3.42. The molecule has 1 unspecified atom stereocenters. The second-order valence-electron chi connectivity index (χ2n) is 4.46. The Bertz CT molecular complexity index is 309. The summed E-state index contributed by atoms with van der Waals surface area (Å²) in [5, 5.41) is 0. The van der Waals surface area contributed by atoms with Crippen LogP contribution < -0.4 is 0 Å². The van der Waals surface area contributed by atoms with Gasteiger partial charge in [0.2, 0.25) is 0 Å². The fraction of sp³-hybridized carbons (Fsp3) is 0.714. The average molecular weight is 238 g/mol. The summed E-state index contributed by atoms with van der Waals surface area (Å²) in [6.07, 6.45) is 0.209. The van der Waals surface area contributed by atoms with Gasteiger partial charge in [-0.3, -0.25) is 4.90 Å². The van der Waals surface area contributed by atoms with Gasteiger partial charge in [0, 0.05) is 17.9 Å². The zero-order chi connectivity index (χ0) is 12.8. The lowest BCUT2D eigenvalue weighted by Gasteiger charge is -2.26. The highest BCUT2D eigenvalue weighted by Gasteiger charge is 2.10. The van der Waals surface area contributed by atoms with E-state index in [4.69, 9.17) is 4.74 Å². The lowest BCUT2D eigenvalue weighted by Crippen LogP contribution is -2.35. The number of aryl methyl sites for hydroxylation is 2. The van der Waals surface area contributed by atoms with Crippen molar-refractivity contribution in [1.29, 1.82) is 0 Å². The van der Waals surface area contributed by atoms with E-state index in [1.807, 2.05) is 0 Å². The van der Waals surface area contributed by atoms with Crippen LogP contribution in [0.25, 0.3) is 0 Å². The van der Waals surface area contributed by atoms with Gasteiger partial charge in [-0.15, -0.1) is 0 Å². The van der Waals surface area contributed by atoms with E-state index in [0.717, 1.165) is 26.2 Å². The molecule has 1 rings (SSSR count). The van der Waals surface area contributed by atoms with Crippen LogP contribution >= 0.6 is 0 Å². The molecule has 0 saturated heterocycles. The molecule has 0 saturated carbocycles. The summed E-state index contributed by atoms with van der Waals surface area (Å²) in [6, 6.07) is 4.31. The average Bonchev–Trinajstić information content (AvgIpc) is 2.62. The first-order valence-corrected chi connectivity index (χ1v) is 6.58. The first kappa shape index (κ1) is 14.3. The maximum atomic E-state index is 5.87. The normalized spacial score (nSPS) is 13.3. The fourth-order valence-corrected chi connectivity index (χ4v) is 2.21. The van der Waals surface area contributed by atoms with Crippen molar-refractivity contribution in [2.45, 2.75) is 47.4 Å². The van der Waals surface area contributed by atoms with Gasteiger partial charge in [-0.2, -0.15) is 0 Å². The SMILES string of the molecule is CCN(CC)C(C)OCCn1c(C)ccc1C. The summed E-state index contributed by atoms with van der Waals surface area (Å²) in [4.78, 5) is 2.31. The Kier molecular flexibility index (Phi) is 5.72. The highest BCUT2D eigenvalue weighted by atomic mass is 16.5. The van der Waals surface area contributed by atoms with Crippen molar-refractivity contribution in [1.82, 2.24) is 9.47 Å². The molecule has 1 aromatic heterocycles. The third kappa shape index (κ3) is 3.86. The topological polar surface area (TPSA) is 17.4 Å². The van der Waals surface area contributed by atoms with Crippen molar-refractivity contribution in [3.63, 3.8) is 0 Å². The van der Waals surface area contributed by atoms with Gasteiger partial charge in [-0.25, -0.2) is 0 Å². The predicted octanol–water partition coefficient (Wildman–Crippen LogP) is 2.81. The summed E-state index contributed by atoms with van der Waals surface area (Å²) in [7, 11) is 0. The van der Waals surface area contributed by atoms with Gasteiger partial charge in [-0.05, 0) is 46.0 Å². The van der Waals surface area contributed by atoms with Crippen molar-refractivity contribution in [3.05, 3.63) is 23.5 Å². The lowest BCUT2D eigenvalue weighted by atomic mass is 10.4. The number of rotatable bonds is 7. The Morgan fingerprint density at radius 3 is 2.18 bits per heavy atom. The van der Waals surface area contributed by atoms with E-state index in [1.54, 1.807) is 0 Å². The van der Waals surface area contributed by atoms with Crippen LogP contribution in [-0.4, -0.2) is 35.4 Å². The molecule has 1 aromatic rings. The minimum absolute atomic E-state index is 0.209. The van der Waals surface area contributed by atoms with Crippen molar-refractivity contribution in [3.8, 4) is 0 Å². The Labute approximate surface area is 105 Å². The van der Waals surface area contributed by atoms with Crippen molar-refractivity contribution in [2.75, 3.05) is 19.7 Å². The molecule has 0 fully saturated rings. The van der Waals surface area contributed by atoms with E-state index >= 15 is 0 Å². The molecular weight excluding hydrogens is 212 g/mol. The second-order valence-corrected chi connectivity index (χ2v) is 4.46. The quantitative estimate of drug-likeness (QED) is 0.680. The summed E-state index contributed by atoms with van der Waals surface area (Å²) < 4.78 is 8.17. The second kappa shape index (κ2) is 6.82. The minimum atomic E-state index is 0.209. The number of hydrogen-bond acceptors (Lipinski definition) is 2. The molecule has 3 heteroatoms. The molecule has 3 nitrogen and oxygen atoms in total. The van der Waals surface area contributed by atoms with Crippen molar-refractivity contribution >= 4 is 0 Å². The fourth-order valence-electron chi connectivity index (χ4n) is 2.21. The number of nitrogens with zero attached hydrogens (tertiary/aromatic N) is 2. The number of ether oxygens (including phenoxy) is 1. The van der Waals surface area contributed by atoms with Crippen LogP contribution in [0.1, 0.15) is 32.2 Å². The monoisotopic (exact) mass is 238 g/mol. The van der Waals surface area contributed by atoms with Gasteiger partial charge in [0.05, 0.1) is 6.61 Å². The molecule has 17 heavy (non-hydrogen) atoms. The van der Waals surface area contributed by atoms with Crippen LogP contribution in [0.3, 0.4) is 0 Å². The summed E-state index contributed by atoms with van der Waals surface area (Å²) in [6.45, 7) is 14.5. The van der Waals surface area contributed by atoms with E-state index in [9.17, 15) is 0 Å². The van der Waals surface area contributed by atoms with Crippen molar-refractivity contribution in [2.24, 2.45) is 0 Å². The Morgan fingerprint density at radius 2 is 1.71 bits per heavy atom. The molecule has 0 aliphatic heterocycles. The van der Waals surface area contributed by atoms with E-state index < -0.39 is 0 Å². The molecule has 98 valence electrons. The highest BCUT2D eigenvalue weighted by Crippen LogP contribution is 2.07. The largest absolute Gasteiger partial charge is 0.362 e. The van der Waals surface area contributed by atoms with Gasteiger partial charge >= 0.3 is 0 Å². The summed E-state index contributed by atoms with van der Waals surface area (Å²) in [5.74, 6) is 0. The first-order chi connectivity index (χ1) is 8.10. The van der Waals surface area contributed by atoms with Crippen molar-refractivity contribution < 1.29 is 4.74 Å². The zero-order valence-electron chi connectivity index (χ0n) is 11.9. The minimum Gasteiger partial charge on any atom is -0.362 e. The van der Waals surface area contributed by atoms with Crippen LogP contribution in [0.2, 0.25) is 0 Å². The Morgan fingerprint density at radius 1 is 1.18 bits per heavy atom. The van der Waals surface area contributed by atoms with E-state index in [2.05, 4.69) is 56.2 Å². The van der Waals surface area contributed by atoms with Gasteiger partial charge in [-0.1, -0.05) is 13.8 Å². The molecule has 0 spiro atoms. The molecule has 0 aliphatic carbocycles. The maximum Gasteiger partial charge on any atom is 0.107 e. The molecule has 0 radical (unpaired) electrons. The van der Waals surface area contributed by atoms with Crippen LogP contribution in [0.4, 0.5) is 0 Å². The standard InChI is InChI=1S/C14H26N2O/c1-6-15(7-2)14(5)17-11-10-16-12(3)8-9-13(16)4/h8-9,14H,6-7,10-11H2,1-5H3. The third-order valence-corrected chi connectivity index (χ3v) is 3.42. The van der Waals surface area contributed by atoms with Gasteiger partial charge < -0.3 is 9.30 Å². The van der Waals surface area contributed by atoms with Crippen LogP contribution in [0.15, 0.2) is 12.1 Å². The number of aromatic nitrogens is 1. The molecule has 0 aromatic carbocycles. The summed E-state index contributed by atoms with van der Waals surface area (Å²) in [5.41, 5.74) is 2.61. The highest BCUT2D eigenvalue weighted by molar-refractivity contribution is 5.13. The van der Waals surface area contributed by atoms with Crippen LogP contribution in [-0.2, 0) is 11.3 Å². The van der Waals surface area contributed by atoms with Crippen LogP contribution in [0.5, 0.6) is 0 Å². The Hall–Kier alpha value is -0.800. The zero-order valence-corrected chi connectivity index (χ0v) is 11.9. The molecule has 0 N–H and O–H groups in total. The summed E-state index contributed by atoms with van der Waals surface area (Å²) >= 11 is 0. The first-order valence-electron chi connectivity index (χ1n) is 6.58. The van der Waals surface area contributed by atoms with Gasteiger partial charge in [0.25, 0.3) is 0 Å². The predicted molar refractivity (Wildman–Crippen MR) is 72.2 cm³/mol. The van der Waals surface area contributed by atoms with E-state index in [1.165, 1.54) is 11.4 Å². The van der Waals surface area contributed by atoms with E-state index in [-0.39, 0.29) is 6.23 Å². The number of hydrogen-bond donors (Lipinski definition) is 0. The Balaban J connectivity index is 2.37. The molecular formula is C14H26N2O. The molecule has 0 aliphatic rings. The lowest BCUT2D eigenvalue weighted by molar-refractivity contribution is -0.0455. The van der Waals surface area contributed by atoms with Gasteiger partial charge in [0.15, 0.2) is 0 Å². The van der Waals surface area contributed by atoms with Gasteiger partial charge in [0.1, 0.15) is 6.23 Å². The molecule has 0 bridgehead atoms. The van der Waals surface area contributed by atoms with Crippen LogP contribution in [0, 0.1) is 13.8 Å². The van der Waals surface area contributed by atoms with E-state index in [0.29, 0.717) is 0 Å².